The van der Waals surface area contributed by atoms with Crippen LogP contribution >= 0.6 is 0 Å². The minimum absolute atomic E-state index is 0.693. The number of benzene rings is 1. The number of carboxylic acid groups (broad SMARTS) is 1. The molecule has 3 rings (SSSR count). The van der Waals surface area contributed by atoms with Gasteiger partial charge in [0.05, 0.1) is 11.4 Å². The Bertz CT molecular complexity index is 583. The van der Waals surface area contributed by atoms with Gasteiger partial charge in [0.1, 0.15) is 5.41 Å². The second kappa shape index (κ2) is 4.53. The zero-order valence-corrected chi connectivity index (χ0v) is 10.6. The molecule has 19 heavy (non-hydrogen) atoms. The van der Waals surface area contributed by atoms with Gasteiger partial charge >= 0.3 is 5.97 Å². The van der Waals surface area contributed by atoms with E-state index in [1.165, 1.54) is 0 Å². The van der Waals surface area contributed by atoms with Crippen LogP contribution in [-0.2, 0) is 10.2 Å². The quantitative estimate of drug-likeness (QED) is 0.887. The molecule has 1 fully saturated rings. The third-order valence-corrected chi connectivity index (χ3v) is 4.03. The molecule has 0 bridgehead atoms. The molecule has 1 saturated carbocycles. The molecule has 1 aliphatic rings. The highest BCUT2D eigenvalue weighted by Crippen LogP contribution is 2.41. The highest BCUT2D eigenvalue weighted by atomic mass is 16.4. The number of H-pyrrole nitrogens is 1. The van der Waals surface area contributed by atoms with Crippen LogP contribution in [0.2, 0.25) is 0 Å². The molecule has 0 saturated heterocycles. The number of hydrogen-bond acceptors (Lipinski definition) is 2. The fourth-order valence-corrected chi connectivity index (χ4v) is 2.90. The van der Waals surface area contributed by atoms with E-state index in [2.05, 4.69) is 10.2 Å². The predicted octanol–water partition coefficient (Wildman–Crippen LogP) is 2.97. The summed E-state index contributed by atoms with van der Waals surface area (Å²) in [4.78, 5) is 11.6. The second-order valence-corrected chi connectivity index (χ2v) is 5.13. The van der Waals surface area contributed by atoms with Gasteiger partial charge in [-0.25, -0.2) is 0 Å². The van der Waals surface area contributed by atoms with Gasteiger partial charge in [-0.05, 0) is 18.9 Å². The monoisotopic (exact) mass is 256 g/mol. The minimum Gasteiger partial charge on any atom is -0.481 e. The number of aromatic amines is 1. The Labute approximate surface area is 111 Å². The third-order valence-electron chi connectivity index (χ3n) is 4.03. The first-order chi connectivity index (χ1) is 9.22. The number of carbonyl (C=O) groups is 1. The topological polar surface area (TPSA) is 66.0 Å². The van der Waals surface area contributed by atoms with Crippen molar-refractivity contribution in [2.45, 2.75) is 31.1 Å². The molecule has 0 unspecified atom stereocenters. The average Bonchev–Trinajstić information content (AvgIpc) is 3.09. The molecule has 4 heteroatoms. The molecule has 2 aromatic rings. The smallest absolute Gasteiger partial charge is 0.315 e. The predicted molar refractivity (Wildman–Crippen MR) is 71.8 cm³/mol. The van der Waals surface area contributed by atoms with E-state index in [0.717, 1.165) is 29.8 Å². The van der Waals surface area contributed by atoms with Crippen molar-refractivity contribution in [3.8, 4) is 11.3 Å². The molecule has 2 N–H and O–H groups in total. The third kappa shape index (κ3) is 1.93. The van der Waals surface area contributed by atoms with Crippen LogP contribution in [0.5, 0.6) is 0 Å². The Hall–Kier alpha value is -2.10. The number of nitrogens with one attached hydrogen (secondary N) is 1. The Morgan fingerprint density at radius 2 is 1.89 bits per heavy atom. The fourth-order valence-electron chi connectivity index (χ4n) is 2.90. The summed E-state index contributed by atoms with van der Waals surface area (Å²) in [5.41, 5.74) is 1.78. The van der Waals surface area contributed by atoms with Gasteiger partial charge in [-0.3, -0.25) is 9.89 Å². The number of nitrogens with zero attached hydrogens (tertiary/aromatic N) is 1. The maximum Gasteiger partial charge on any atom is 0.315 e. The van der Waals surface area contributed by atoms with E-state index < -0.39 is 11.4 Å². The highest BCUT2D eigenvalue weighted by molar-refractivity contribution is 5.81. The van der Waals surface area contributed by atoms with E-state index in [-0.39, 0.29) is 0 Å². The Balaban J connectivity index is 1.99. The van der Waals surface area contributed by atoms with Gasteiger partial charge in [0.15, 0.2) is 0 Å². The van der Waals surface area contributed by atoms with Crippen LogP contribution in [0.25, 0.3) is 11.3 Å². The average molecular weight is 256 g/mol. The first kappa shape index (κ1) is 12.0. The lowest BCUT2D eigenvalue weighted by Gasteiger charge is -2.21. The van der Waals surface area contributed by atoms with Crippen molar-refractivity contribution in [1.82, 2.24) is 10.2 Å². The fraction of sp³-hybridized carbons (Fsp3) is 0.333. The van der Waals surface area contributed by atoms with Gasteiger partial charge in [-0.2, -0.15) is 5.10 Å². The molecule has 0 atom stereocenters. The van der Waals surface area contributed by atoms with Crippen LogP contribution in [0, 0.1) is 0 Å². The molecule has 0 amide bonds. The second-order valence-electron chi connectivity index (χ2n) is 5.13. The van der Waals surface area contributed by atoms with Crippen molar-refractivity contribution in [1.29, 1.82) is 0 Å². The van der Waals surface area contributed by atoms with E-state index in [0.29, 0.717) is 12.8 Å². The molecule has 1 heterocycles. The van der Waals surface area contributed by atoms with Crippen LogP contribution < -0.4 is 0 Å². The van der Waals surface area contributed by atoms with Crippen molar-refractivity contribution in [2.24, 2.45) is 0 Å². The Kier molecular flexibility index (Phi) is 2.85. The standard InChI is InChI=1S/C15H16N2O2/c18-14(19)15(8-4-5-9-15)13-10-12(16-17-13)11-6-2-1-3-7-11/h1-3,6-7,10H,4-5,8-9H2,(H,16,17)(H,18,19). The van der Waals surface area contributed by atoms with E-state index in [1.54, 1.807) is 0 Å². The zero-order chi connectivity index (χ0) is 13.3. The molecule has 1 aromatic heterocycles. The summed E-state index contributed by atoms with van der Waals surface area (Å²) in [5.74, 6) is -0.742. The van der Waals surface area contributed by atoms with Gasteiger partial charge < -0.3 is 5.11 Å². The highest BCUT2D eigenvalue weighted by Gasteiger charge is 2.44. The van der Waals surface area contributed by atoms with Gasteiger partial charge in [-0.1, -0.05) is 43.2 Å². The first-order valence-corrected chi connectivity index (χ1v) is 6.57. The van der Waals surface area contributed by atoms with Crippen molar-refractivity contribution in [2.75, 3.05) is 0 Å². The van der Waals surface area contributed by atoms with Gasteiger partial charge in [-0.15, -0.1) is 0 Å². The van der Waals surface area contributed by atoms with Crippen molar-refractivity contribution in [3.05, 3.63) is 42.1 Å². The zero-order valence-electron chi connectivity index (χ0n) is 10.6. The summed E-state index contributed by atoms with van der Waals surface area (Å²) < 4.78 is 0. The minimum atomic E-state index is -0.764. The molecular formula is C15H16N2O2. The number of rotatable bonds is 3. The van der Waals surface area contributed by atoms with Crippen molar-refractivity contribution in [3.63, 3.8) is 0 Å². The Morgan fingerprint density at radius 1 is 1.21 bits per heavy atom. The summed E-state index contributed by atoms with van der Waals surface area (Å²) in [5, 5.41) is 16.8. The lowest BCUT2D eigenvalue weighted by molar-refractivity contribution is -0.143. The van der Waals surface area contributed by atoms with Crippen LogP contribution in [0.1, 0.15) is 31.4 Å². The van der Waals surface area contributed by atoms with Crippen LogP contribution in [0.15, 0.2) is 36.4 Å². The Morgan fingerprint density at radius 3 is 2.53 bits per heavy atom. The molecule has 4 nitrogen and oxygen atoms in total. The maximum absolute atomic E-state index is 11.6. The summed E-state index contributed by atoms with van der Waals surface area (Å²) >= 11 is 0. The summed E-state index contributed by atoms with van der Waals surface area (Å²) in [6, 6.07) is 11.7. The van der Waals surface area contributed by atoms with Gasteiger partial charge in [0.2, 0.25) is 0 Å². The molecule has 1 aromatic carbocycles. The molecular weight excluding hydrogens is 240 g/mol. The van der Waals surface area contributed by atoms with E-state index >= 15 is 0 Å². The van der Waals surface area contributed by atoms with Gasteiger partial charge in [0, 0.05) is 5.56 Å². The number of aromatic nitrogens is 2. The van der Waals surface area contributed by atoms with Crippen molar-refractivity contribution >= 4 is 5.97 Å². The molecule has 98 valence electrons. The summed E-state index contributed by atoms with van der Waals surface area (Å²) in [7, 11) is 0. The van der Waals surface area contributed by atoms with E-state index in [9.17, 15) is 9.90 Å². The van der Waals surface area contributed by atoms with Crippen LogP contribution in [0.4, 0.5) is 0 Å². The largest absolute Gasteiger partial charge is 0.481 e. The van der Waals surface area contributed by atoms with Crippen LogP contribution in [0.3, 0.4) is 0 Å². The number of hydrogen-bond donors (Lipinski definition) is 2. The van der Waals surface area contributed by atoms with E-state index in [1.807, 2.05) is 36.4 Å². The van der Waals surface area contributed by atoms with E-state index in [4.69, 9.17) is 0 Å². The van der Waals surface area contributed by atoms with Crippen LogP contribution in [-0.4, -0.2) is 21.3 Å². The summed E-state index contributed by atoms with van der Waals surface area (Å²) in [6.45, 7) is 0. The van der Waals surface area contributed by atoms with Crippen molar-refractivity contribution < 1.29 is 9.90 Å². The molecule has 0 spiro atoms. The molecule has 0 aliphatic heterocycles. The molecule has 1 aliphatic carbocycles. The first-order valence-electron chi connectivity index (χ1n) is 6.57. The normalized spacial score (nSPS) is 17.5. The lowest BCUT2D eigenvalue weighted by Crippen LogP contribution is -2.33. The number of aliphatic carboxylic acids is 1. The summed E-state index contributed by atoms with van der Waals surface area (Å²) in [6.07, 6.45) is 3.31. The van der Waals surface area contributed by atoms with Gasteiger partial charge in [0.25, 0.3) is 0 Å². The lowest BCUT2D eigenvalue weighted by atomic mass is 9.82. The maximum atomic E-state index is 11.6. The SMILES string of the molecule is O=C(O)C1(c2cc(-c3ccccc3)n[nH]2)CCCC1. The molecule has 0 radical (unpaired) electrons. The number of carboxylic acids is 1.